The maximum absolute atomic E-state index is 5.77. The lowest BCUT2D eigenvalue weighted by atomic mass is 10.1. The van der Waals surface area contributed by atoms with E-state index in [2.05, 4.69) is 39.2 Å². The molecule has 15 heavy (non-hydrogen) atoms. The number of aromatic nitrogens is 2. The Morgan fingerprint density at radius 3 is 2.87 bits per heavy atom. The summed E-state index contributed by atoms with van der Waals surface area (Å²) in [5, 5.41) is 0. The van der Waals surface area contributed by atoms with E-state index < -0.39 is 0 Å². The van der Waals surface area contributed by atoms with Gasteiger partial charge in [0.2, 0.25) is 0 Å². The molecule has 3 nitrogen and oxygen atoms in total. The van der Waals surface area contributed by atoms with Crippen molar-refractivity contribution >= 4 is 27.1 Å². The molecule has 0 aromatic carbocycles. The average Bonchev–Trinajstić information content (AvgIpc) is 2.42. The molecule has 0 bridgehead atoms. The Kier molecular flexibility index (Phi) is 2.69. The van der Waals surface area contributed by atoms with Gasteiger partial charge in [-0.3, -0.25) is 0 Å². The zero-order valence-electron chi connectivity index (χ0n) is 8.87. The van der Waals surface area contributed by atoms with Crippen molar-refractivity contribution in [2.45, 2.75) is 20.3 Å². The Labute approximate surface area is 97.4 Å². The summed E-state index contributed by atoms with van der Waals surface area (Å²) in [6.07, 6.45) is 2.88. The van der Waals surface area contributed by atoms with Gasteiger partial charge in [0, 0.05) is 18.3 Å². The predicted molar refractivity (Wildman–Crippen MR) is 65.8 cm³/mol. The van der Waals surface area contributed by atoms with Crippen LogP contribution in [0.5, 0.6) is 0 Å². The van der Waals surface area contributed by atoms with E-state index in [0.29, 0.717) is 5.92 Å². The smallest absolute Gasteiger partial charge is 0.132 e. The van der Waals surface area contributed by atoms with E-state index in [1.54, 1.807) is 0 Å². The summed E-state index contributed by atoms with van der Waals surface area (Å²) in [5.41, 5.74) is 7.60. The highest BCUT2D eigenvalue weighted by molar-refractivity contribution is 9.10. The van der Waals surface area contributed by atoms with Crippen molar-refractivity contribution in [3.63, 3.8) is 0 Å². The van der Waals surface area contributed by atoms with Crippen LogP contribution in [0.2, 0.25) is 0 Å². The van der Waals surface area contributed by atoms with E-state index in [4.69, 9.17) is 5.73 Å². The number of nitrogens with zero attached hydrogens (tertiary/aromatic N) is 2. The highest BCUT2D eigenvalue weighted by Gasteiger charge is 2.10. The number of fused-ring (bicyclic) bond motifs is 1. The van der Waals surface area contributed by atoms with Crippen molar-refractivity contribution in [1.29, 1.82) is 0 Å². The van der Waals surface area contributed by atoms with Crippen LogP contribution >= 0.6 is 15.9 Å². The first-order chi connectivity index (χ1) is 7.08. The van der Waals surface area contributed by atoms with Crippen LogP contribution in [0.15, 0.2) is 22.9 Å². The Morgan fingerprint density at radius 2 is 2.20 bits per heavy atom. The molecule has 2 aromatic rings. The molecule has 80 valence electrons. The third-order valence-electron chi connectivity index (χ3n) is 2.28. The van der Waals surface area contributed by atoms with Gasteiger partial charge in [-0.1, -0.05) is 13.8 Å². The highest BCUT2D eigenvalue weighted by atomic mass is 79.9. The lowest BCUT2D eigenvalue weighted by Crippen LogP contribution is -2.01. The second kappa shape index (κ2) is 3.85. The second-order valence-corrected chi connectivity index (χ2v) is 4.89. The molecular weight excluding hydrogens is 254 g/mol. The molecule has 2 aromatic heterocycles. The molecule has 0 atom stereocenters. The minimum atomic E-state index is 0.587. The van der Waals surface area contributed by atoms with Crippen LogP contribution in [0.25, 0.3) is 5.52 Å². The number of hydrogen-bond donors (Lipinski definition) is 1. The zero-order chi connectivity index (χ0) is 11.0. The summed E-state index contributed by atoms with van der Waals surface area (Å²) in [6, 6.07) is 3.87. The van der Waals surface area contributed by atoms with Gasteiger partial charge in [0.25, 0.3) is 0 Å². The topological polar surface area (TPSA) is 43.3 Å². The summed E-state index contributed by atoms with van der Waals surface area (Å²) in [5.74, 6) is 1.64. The van der Waals surface area contributed by atoms with E-state index in [-0.39, 0.29) is 0 Å². The van der Waals surface area contributed by atoms with Gasteiger partial charge in [0.05, 0.1) is 5.52 Å². The molecule has 2 heterocycles. The summed E-state index contributed by atoms with van der Waals surface area (Å²) >= 11 is 3.46. The molecule has 0 amide bonds. The van der Waals surface area contributed by atoms with Gasteiger partial charge < -0.3 is 10.1 Å². The van der Waals surface area contributed by atoms with Crippen molar-refractivity contribution in [3.05, 3.63) is 28.8 Å². The van der Waals surface area contributed by atoms with Crippen molar-refractivity contribution in [2.75, 3.05) is 5.73 Å². The number of nitrogens with two attached hydrogens (primary N) is 1. The first-order valence-electron chi connectivity index (χ1n) is 5.00. The third kappa shape index (κ3) is 2.00. The van der Waals surface area contributed by atoms with Gasteiger partial charge in [-0.15, -0.1) is 0 Å². The molecule has 0 aliphatic rings. The van der Waals surface area contributed by atoms with E-state index in [1.165, 1.54) is 0 Å². The van der Waals surface area contributed by atoms with Crippen LogP contribution in [0.1, 0.15) is 19.7 Å². The number of anilines is 1. The Bertz CT molecular complexity index is 488. The number of halogens is 1. The summed E-state index contributed by atoms with van der Waals surface area (Å²) < 4.78 is 2.94. The Hall–Kier alpha value is -1.03. The average molecular weight is 268 g/mol. The lowest BCUT2D eigenvalue weighted by Gasteiger charge is -2.04. The van der Waals surface area contributed by atoms with Gasteiger partial charge in [-0.2, -0.15) is 0 Å². The molecule has 0 saturated heterocycles. The van der Waals surface area contributed by atoms with Crippen LogP contribution < -0.4 is 5.73 Å². The zero-order valence-corrected chi connectivity index (χ0v) is 10.5. The van der Waals surface area contributed by atoms with Crippen molar-refractivity contribution in [1.82, 2.24) is 9.38 Å². The molecule has 0 fully saturated rings. The standard InChI is InChI=1S/C11H14BrN3/c1-7(2)5-10-14-11(12)9-4-3-8(13)6-15(9)10/h3-4,6-7H,5,13H2,1-2H3. The normalized spacial score (nSPS) is 11.5. The maximum Gasteiger partial charge on any atom is 0.132 e. The molecule has 0 unspecified atom stereocenters. The lowest BCUT2D eigenvalue weighted by molar-refractivity contribution is 0.619. The predicted octanol–water partition coefficient (Wildman–Crippen LogP) is 2.88. The SMILES string of the molecule is CC(C)Cc1nc(Br)c2ccc(N)cn12. The number of nitrogen functional groups attached to an aromatic ring is 1. The fourth-order valence-electron chi connectivity index (χ4n) is 1.63. The van der Waals surface area contributed by atoms with Gasteiger partial charge in [-0.05, 0) is 34.0 Å². The monoisotopic (exact) mass is 267 g/mol. The highest BCUT2D eigenvalue weighted by Crippen LogP contribution is 2.21. The molecule has 0 aliphatic carbocycles. The third-order valence-corrected chi connectivity index (χ3v) is 2.86. The van der Waals surface area contributed by atoms with Crippen molar-refractivity contribution in [3.8, 4) is 0 Å². The van der Waals surface area contributed by atoms with Crippen LogP contribution in [0.4, 0.5) is 5.69 Å². The molecule has 0 spiro atoms. The molecule has 0 aliphatic heterocycles. The minimum Gasteiger partial charge on any atom is -0.398 e. The Morgan fingerprint density at radius 1 is 1.47 bits per heavy atom. The number of rotatable bonds is 2. The molecule has 2 N–H and O–H groups in total. The molecule has 0 saturated carbocycles. The van der Waals surface area contributed by atoms with Crippen LogP contribution in [-0.4, -0.2) is 9.38 Å². The number of imidazole rings is 1. The summed E-state index contributed by atoms with van der Waals surface area (Å²) in [7, 11) is 0. The number of pyridine rings is 1. The van der Waals surface area contributed by atoms with E-state index >= 15 is 0 Å². The fourth-order valence-corrected chi connectivity index (χ4v) is 2.16. The van der Waals surface area contributed by atoms with Crippen molar-refractivity contribution < 1.29 is 0 Å². The first-order valence-corrected chi connectivity index (χ1v) is 5.79. The largest absolute Gasteiger partial charge is 0.398 e. The summed E-state index contributed by atoms with van der Waals surface area (Å²) in [4.78, 5) is 4.50. The molecule has 0 radical (unpaired) electrons. The first kappa shape index (κ1) is 10.5. The van der Waals surface area contributed by atoms with Gasteiger partial charge in [-0.25, -0.2) is 4.98 Å². The van der Waals surface area contributed by atoms with Crippen LogP contribution in [-0.2, 0) is 6.42 Å². The van der Waals surface area contributed by atoms with Crippen LogP contribution in [0.3, 0.4) is 0 Å². The van der Waals surface area contributed by atoms with Gasteiger partial charge in [0.1, 0.15) is 10.4 Å². The maximum atomic E-state index is 5.77. The van der Waals surface area contributed by atoms with Crippen LogP contribution in [0, 0.1) is 5.92 Å². The van der Waals surface area contributed by atoms with E-state index in [1.807, 2.05) is 18.3 Å². The Balaban J connectivity index is 2.59. The molecule has 4 heteroatoms. The quantitative estimate of drug-likeness (QED) is 0.910. The van der Waals surface area contributed by atoms with E-state index in [0.717, 1.165) is 28.1 Å². The number of hydrogen-bond acceptors (Lipinski definition) is 2. The summed E-state index contributed by atoms with van der Waals surface area (Å²) in [6.45, 7) is 4.36. The molecule has 2 rings (SSSR count). The van der Waals surface area contributed by atoms with E-state index in [9.17, 15) is 0 Å². The van der Waals surface area contributed by atoms with Gasteiger partial charge >= 0.3 is 0 Å². The fraction of sp³-hybridized carbons (Fsp3) is 0.364. The second-order valence-electron chi connectivity index (χ2n) is 4.13. The molecular formula is C11H14BrN3. The minimum absolute atomic E-state index is 0.587. The van der Waals surface area contributed by atoms with Crippen molar-refractivity contribution in [2.24, 2.45) is 5.92 Å². The van der Waals surface area contributed by atoms with Gasteiger partial charge in [0.15, 0.2) is 0 Å².